The summed E-state index contributed by atoms with van der Waals surface area (Å²) in [5.74, 6) is -0.826. The second kappa shape index (κ2) is 6.04. The molecule has 1 aliphatic rings. The zero-order valence-corrected chi connectivity index (χ0v) is 12.0. The van der Waals surface area contributed by atoms with Crippen LogP contribution in [0, 0.1) is 5.82 Å². The van der Waals surface area contributed by atoms with Gasteiger partial charge in [0, 0.05) is 25.3 Å². The number of nitrogens with two attached hydrogens (primary N) is 1. The number of sulfonamides is 1. The highest BCUT2D eigenvalue weighted by Crippen LogP contribution is 2.17. The van der Waals surface area contributed by atoms with E-state index >= 15 is 0 Å². The maximum atomic E-state index is 13.6. The summed E-state index contributed by atoms with van der Waals surface area (Å²) < 4.78 is 45.5. The van der Waals surface area contributed by atoms with Crippen molar-refractivity contribution in [3.63, 3.8) is 0 Å². The van der Waals surface area contributed by atoms with Gasteiger partial charge in [-0.05, 0) is 25.2 Å². The lowest BCUT2D eigenvalue weighted by molar-refractivity contribution is -0.0156. The first-order valence-corrected chi connectivity index (χ1v) is 7.71. The summed E-state index contributed by atoms with van der Waals surface area (Å²) in [6, 6.07) is 3.45. The van der Waals surface area contributed by atoms with E-state index in [9.17, 15) is 12.8 Å². The summed E-state index contributed by atoms with van der Waals surface area (Å²) in [6.45, 7) is 2.09. The fraction of sp³-hybridized carbons (Fsp3) is 0.500. The number of nitrogens with one attached hydrogen (secondary N) is 1. The molecule has 6 nitrogen and oxygen atoms in total. The van der Waals surface area contributed by atoms with E-state index in [0.29, 0.717) is 13.2 Å². The van der Waals surface area contributed by atoms with Gasteiger partial charge >= 0.3 is 0 Å². The number of rotatable bonds is 4. The Labute approximate surface area is 117 Å². The van der Waals surface area contributed by atoms with Gasteiger partial charge in [0.05, 0.1) is 12.7 Å². The number of nitrogen functional groups attached to an aromatic ring is 1. The van der Waals surface area contributed by atoms with Gasteiger partial charge in [0.2, 0.25) is 10.0 Å². The van der Waals surface area contributed by atoms with Crippen molar-refractivity contribution in [2.45, 2.75) is 11.0 Å². The lowest BCUT2D eigenvalue weighted by atomic mass is 10.3. The van der Waals surface area contributed by atoms with Gasteiger partial charge in [-0.1, -0.05) is 0 Å². The van der Waals surface area contributed by atoms with Crippen molar-refractivity contribution < 1.29 is 17.5 Å². The van der Waals surface area contributed by atoms with Crippen LogP contribution in [-0.4, -0.2) is 52.7 Å². The van der Waals surface area contributed by atoms with Gasteiger partial charge in [-0.2, -0.15) is 0 Å². The highest BCUT2D eigenvalue weighted by molar-refractivity contribution is 7.89. The maximum absolute atomic E-state index is 13.6. The number of likely N-dealkylation sites (N-methyl/N-ethyl adjacent to an activating group) is 1. The molecule has 1 heterocycles. The minimum Gasteiger partial charge on any atom is -0.399 e. The zero-order chi connectivity index (χ0) is 14.8. The monoisotopic (exact) mass is 303 g/mol. The van der Waals surface area contributed by atoms with E-state index in [-0.39, 0.29) is 18.3 Å². The molecule has 0 aliphatic carbocycles. The van der Waals surface area contributed by atoms with Crippen molar-refractivity contribution >= 4 is 15.7 Å². The van der Waals surface area contributed by atoms with E-state index in [2.05, 4.69) is 4.72 Å². The predicted molar refractivity (Wildman–Crippen MR) is 73.2 cm³/mol. The lowest BCUT2D eigenvalue weighted by Gasteiger charge is -2.30. The van der Waals surface area contributed by atoms with Gasteiger partial charge in [-0.15, -0.1) is 0 Å². The first-order chi connectivity index (χ1) is 9.38. The van der Waals surface area contributed by atoms with E-state index in [0.717, 1.165) is 18.7 Å². The molecule has 2 rings (SSSR count). The van der Waals surface area contributed by atoms with Crippen molar-refractivity contribution in [2.24, 2.45) is 0 Å². The number of hydrogen-bond acceptors (Lipinski definition) is 5. The Kier molecular flexibility index (Phi) is 4.59. The van der Waals surface area contributed by atoms with Gasteiger partial charge in [-0.3, -0.25) is 0 Å². The van der Waals surface area contributed by atoms with Crippen LogP contribution in [0.25, 0.3) is 0 Å². The minimum atomic E-state index is -3.93. The molecule has 0 saturated carbocycles. The van der Waals surface area contributed by atoms with Gasteiger partial charge in [0.1, 0.15) is 10.7 Å². The third-order valence-corrected chi connectivity index (χ3v) is 4.53. The van der Waals surface area contributed by atoms with Crippen LogP contribution in [0.1, 0.15) is 0 Å². The fourth-order valence-corrected chi connectivity index (χ4v) is 3.17. The second-order valence-corrected chi connectivity index (χ2v) is 6.53. The van der Waals surface area contributed by atoms with Crippen molar-refractivity contribution in [3.8, 4) is 0 Å². The van der Waals surface area contributed by atoms with E-state index in [4.69, 9.17) is 10.5 Å². The number of halogens is 1. The van der Waals surface area contributed by atoms with Crippen LogP contribution in [0.5, 0.6) is 0 Å². The third-order valence-electron chi connectivity index (χ3n) is 3.09. The van der Waals surface area contributed by atoms with Crippen LogP contribution in [-0.2, 0) is 14.8 Å². The second-order valence-electron chi connectivity index (χ2n) is 4.80. The molecule has 0 aromatic heterocycles. The topological polar surface area (TPSA) is 84.7 Å². The molecule has 1 aromatic carbocycles. The van der Waals surface area contributed by atoms with E-state index < -0.39 is 20.7 Å². The van der Waals surface area contributed by atoms with Gasteiger partial charge < -0.3 is 15.4 Å². The molecular formula is C12H18FN3O3S. The highest BCUT2D eigenvalue weighted by Gasteiger charge is 2.23. The number of nitrogens with zero attached hydrogens (tertiary/aromatic N) is 1. The molecule has 0 radical (unpaired) electrons. The Hall–Kier alpha value is -1.22. The maximum Gasteiger partial charge on any atom is 0.243 e. The molecule has 1 fully saturated rings. The highest BCUT2D eigenvalue weighted by atomic mass is 32.2. The number of anilines is 1. The molecule has 1 atom stereocenters. The molecule has 1 aromatic rings. The molecule has 112 valence electrons. The quantitative estimate of drug-likeness (QED) is 0.766. The smallest absolute Gasteiger partial charge is 0.243 e. The van der Waals surface area contributed by atoms with E-state index in [1.165, 1.54) is 6.07 Å². The summed E-state index contributed by atoms with van der Waals surface area (Å²) in [7, 11) is -2.00. The number of ether oxygens (including phenoxy) is 1. The minimum absolute atomic E-state index is 0.0981. The molecule has 0 amide bonds. The van der Waals surface area contributed by atoms with Crippen LogP contribution < -0.4 is 10.5 Å². The molecular weight excluding hydrogens is 285 g/mol. The summed E-state index contributed by atoms with van der Waals surface area (Å²) in [6.07, 6.45) is -0.243. The fourth-order valence-electron chi connectivity index (χ4n) is 2.00. The van der Waals surface area contributed by atoms with Crippen molar-refractivity contribution in [2.75, 3.05) is 39.0 Å². The van der Waals surface area contributed by atoms with Crippen LogP contribution in [0.4, 0.5) is 10.1 Å². The average Bonchev–Trinajstić information content (AvgIpc) is 2.39. The van der Waals surface area contributed by atoms with Crippen LogP contribution in [0.3, 0.4) is 0 Å². The number of benzene rings is 1. The summed E-state index contributed by atoms with van der Waals surface area (Å²) >= 11 is 0. The van der Waals surface area contributed by atoms with Crippen LogP contribution in [0.2, 0.25) is 0 Å². The Morgan fingerprint density at radius 2 is 2.30 bits per heavy atom. The van der Waals surface area contributed by atoms with Gasteiger partial charge in [0.15, 0.2) is 0 Å². The number of hydrogen-bond donors (Lipinski definition) is 2. The molecule has 3 N–H and O–H groups in total. The normalized spacial score (nSPS) is 21.0. The van der Waals surface area contributed by atoms with Gasteiger partial charge in [0.25, 0.3) is 0 Å². The summed E-state index contributed by atoms with van der Waals surface area (Å²) in [5, 5.41) is 0. The first-order valence-electron chi connectivity index (χ1n) is 6.23. The van der Waals surface area contributed by atoms with Crippen molar-refractivity contribution in [3.05, 3.63) is 24.0 Å². The Morgan fingerprint density at radius 3 is 3.00 bits per heavy atom. The average molecular weight is 303 g/mol. The molecule has 1 saturated heterocycles. The van der Waals surface area contributed by atoms with Crippen LogP contribution in [0.15, 0.2) is 23.1 Å². The van der Waals surface area contributed by atoms with E-state index in [1.54, 1.807) is 0 Å². The molecule has 20 heavy (non-hydrogen) atoms. The SMILES string of the molecule is CN1CCOC(CNS(=O)(=O)c2cc(N)ccc2F)C1. The lowest BCUT2D eigenvalue weighted by Crippen LogP contribution is -2.45. The van der Waals surface area contributed by atoms with Crippen LogP contribution >= 0.6 is 0 Å². The number of morpholine rings is 1. The third kappa shape index (κ3) is 3.66. The van der Waals surface area contributed by atoms with Crippen molar-refractivity contribution in [1.82, 2.24) is 9.62 Å². The Balaban J connectivity index is 2.05. The molecule has 1 aliphatic heterocycles. The Morgan fingerprint density at radius 1 is 1.55 bits per heavy atom. The van der Waals surface area contributed by atoms with Gasteiger partial charge in [-0.25, -0.2) is 17.5 Å². The molecule has 0 spiro atoms. The standard InChI is InChI=1S/C12H18FN3O3S/c1-16-4-5-19-10(8-16)7-15-20(17,18)12-6-9(14)2-3-11(12)13/h2-3,6,10,15H,4-5,7-8,14H2,1H3. The predicted octanol–water partition coefficient (Wildman–Crippen LogP) is 0.0168. The Bertz CT molecular complexity index is 579. The summed E-state index contributed by atoms with van der Waals surface area (Å²) in [5.41, 5.74) is 5.69. The largest absolute Gasteiger partial charge is 0.399 e. The molecule has 8 heteroatoms. The summed E-state index contributed by atoms with van der Waals surface area (Å²) in [4.78, 5) is 1.60. The van der Waals surface area contributed by atoms with Crippen molar-refractivity contribution in [1.29, 1.82) is 0 Å². The van der Waals surface area contributed by atoms with E-state index in [1.807, 2.05) is 11.9 Å². The molecule has 1 unspecified atom stereocenters. The zero-order valence-electron chi connectivity index (χ0n) is 11.2. The molecule has 0 bridgehead atoms. The first kappa shape index (κ1) is 15.2.